The average molecular weight is 427 g/mol. The van der Waals surface area contributed by atoms with E-state index in [0.29, 0.717) is 28.0 Å². The number of aromatic nitrogens is 3. The lowest BCUT2D eigenvalue weighted by Gasteiger charge is -2.06. The van der Waals surface area contributed by atoms with Gasteiger partial charge in [-0.2, -0.15) is 0 Å². The van der Waals surface area contributed by atoms with Crippen LogP contribution >= 0.6 is 23.2 Å². The molecule has 0 aliphatic carbocycles. The molecule has 5 nitrogen and oxygen atoms in total. The van der Waals surface area contributed by atoms with Gasteiger partial charge in [0.25, 0.3) is 0 Å². The first kappa shape index (κ1) is 20.8. The molecule has 0 fully saturated rings. The number of hydrogen-bond acceptors (Lipinski definition) is 3. The van der Waals surface area contributed by atoms with Gasteiger partial charge >= 0.3 is 0 Å². The third kappa shape index (κ3) is 4.58. The molecule has 7 heteroatoms. The predicted molar refractivity (Wildman–Crippen MR) is 120 cm³/mol. The molecular weight excluding hydrogens is 407 g/mol. The van der Waals surface area contributed by atoms with E-state index < -0.39 is 0 Å². The van der Waals surface area contributed by atoms with Crippen molar-refractivity contribution in [3.05, 3.63) is 87.5 Å². The van der Waals surface area contributed by atoms with Gasteiger partial charge in [0.15, 0.2) is 5.82 Å². The third-order valence-electron chi connectivity index (χ3n) is 4.29. The molecule has 29 heavy (non-hydrogen) atoms. The molecule has 0 aliphatic heterocycles. The number of hydrogen-bond donors (Lipinski definition) is 1. The van der Waals surface area contributed by atoms with E-state index in [0.717, 1.165) is 22.2 Å². The topological polar surface area (TPSA) is 63.0 Å². The van der Waals surface area contributed by atoms with Crippen molar-refractivity contribution in [2.45, 2.75) is 13.5 Å². The summed E-state index contributed by atoms with van der Waals surface area (Å²) in [6.45, 7) is 5.57. The van der Waals surface area contributed by atoms with E-state index in [1.165, 1.54) is 0 Å². The molecule has 0 unspecified atom stereocenters. The maximum Gasteiger partial charge on any atom is 0.230 e. The summed E-state index contributed by atoms with van der Waals surface area (Å²) in [6, 6.07) is 13.4. The molecule has 0 aliphatic rings. The van der Waals surface area contributed by atoms with E-state index in [9.17, 15) is 4.79 Å². The maximum absolute atomic E-state index is 12.9. The molecule has 0 bridgehead atoms. The van der Waals surface area contributed by atoms with Crippen LogP contribution < -0.4 is 0 Å². The van der Waals surface area contributed by atoms with Crippen LogP contribution in [0.15, 0.2) is 59.9 Å². The number of H-pyrrole nitrogens is 1. The minimum atomic E-state index is -0.123. The minimum Gasteiger partial charge on any atom is -0.342 e. The van der Waals surface area contributed by atoms with E-state index >= 15 is 0 Å². The highest BCUT2D eigenvalue weighted by Crippen LogP contribution is 2.26. The Balaban J connectivity index is 0.000000755. The second-order valence-corrected chi connectivity index (χ2v) is 7.31. The molecular formula is C22H20Cl2N4O. The van der Waals surface area contributed by atoms with Gasteiger partial charge in [-0.15, -0.1) is 0 Å². The fourth-order valence-electron chi connectivity index (χ4n) is 3.05. The Bertz CT molecular complexity index is 1180. The Hall–Kier alpha value is -2.89. The largest absolute Gasteiger partial charge is 0.342 e. The van der Waals surface area contributed by atoms with Crippen molar-refractivity contribution in [2.75, 3.05) is 7.05 Å². The monoisotopic (exact) mass is 426 g/mol. The summed E-state index contributed by atoms with van der Waals surface area (Å²) in [7, 11) is 1.64. The molecule has 4 rings (SSSR count). The Kier molecular flexibility index (Phi) is 6.52. The maximum atomic E-state index is 12.9. The van der Waals surface area contributed by atoms with Gasteiger partial charge in [-0.1, -0.05) is 47.5 Å². The molecule has 2 aromatic carbocycles. The first-order valence-corrected chi connectivity index (χ1v) is 9.63. The number of nitrogens with zero attached hydrogens (tertiary/aromatic N) is 3. The molecule has 148 valence electrons. The van der Waals surface area contributed by atoms with Gasteiger partial charge in [-0.3, -0.25) is 4.79 Å². The number of imidazole rings is 1. The lowest BCUT2D eigenvalue weighted by Crippen LogP contribution is -2.03. The number of halogens is 2. The lowest BCUT2D eigenvalue weighted by atomic mass is 10.1. The number of carbonyl (C=O) groups is 1. The number of benzene rings is 2. The standard InChI is InChI=1S/C20H15Cl2N3O.C2H5N/c1-12-9-23-20(24-12)19(26)15-11-25(18-5-3-2-4-14(15)18)10-13-6-7-16(21)17(22)8-13;1-3-2/h2-9,11H,10H2,1H3,(H,23,24);1H2,2H3. The van der Waals surface area contributed by atoms with E-state index in [2.05, 4.69) is 21.7 Å². The fourth-order valence-corrected chi connectivity index (χ4v) is 3.37. The molecule has 2 aromatic heterocycles. The van der Waals surface area contributed by atoms with Crippen molar-refractivity contribution in [2.24, 2.45) is 4.99 Å². The zero-order valence-corrected chi connectivity index (χ0v) is 17.6. The molecule has 0 atom stereocenters. The zero-order chi connectivity index (χ0) is 21.0. The summed E-state index contributed by atoms with van der Waals surface area (Å²) in [6.07, 6.45) is 3.52. The fraction of sp³-hybridized carbons (Fsp3) is 0.136. The molecule has 0 saturated carbocycles. The van der Waals surface area contributed by atoms with Gasteiger partial charge in [-0.05, 0) is 37.4 Å². The number of aryl methyl sites for hydroxylation is 1. The molecule has 4 aromatic rings. The first-order valence-electron chi connectivity index (χ1n) is 8.87. The van der Waals surface area contributed by atoms with Crippen molar-refractivity contribution in [1.82, 2.24) is 14.5 Å². The number of rotatable bonds is 4. The van der Waals surface area contributed by atoms with Crippen LogP contribution in [-0.2, 0) is 6.54 Å². The summed E-state index contributed by atoms with van der Waals surface area (Å²) < 4.78 is 2.04. The number of para-hydroxylation sites is 1. The lowest BCUT2D eigenvalue weighted by molar-refractivity contribution is 0.103. The summed E-state index contributed by atoms with van der Waals surface area (Å²) >= 11 is 12.1. The van der Waals surface area contributed by atoms with Crippen LogP contribution in [0.1, 0.15) is 27.4 Å². The Morgan fingerprint density at radius 1 is 1.21 bits per heavy atom. The zero-order valence-electron chi connectivity index (χ0n) is 16.1. The summed E-state index contributed by atoms with van der Waals surface area (Å²) in [4.78, 5) is 23.3. The van der Waals surface area contributed by atoms with Crippen LogP contribution in [0.4, 0.5) is 0 Å². The molecule has 0 radical (unpaired) electrons. The van der Waals surface area contributed by atoms with Crippen LogP contribution in [-0.4, -0.2) is 34.1 Å². The smallest absolute Gasteiger partial charge is 0.230 e. The summed E-state index contributed by atoms with van der Waals surface area (Å²) in [5, 5.41) is 1.94. The highest BCUT2D eigenvalue weighted by molar-refractivity contribution is 6.42. The van der Waals surface area contributed by atoms with Gasteiger partial charge < -0.3 is 14.5 Å². The predicted octanol–water partition coefficient (Wildman–Crippen LogP) is 5.58. The highest BCUT2D eigenvalue weighted by atomic mass is 35.5. The number of aromatic amines is 1. The molecule has 1 N–H and O–H groups in total. The normalized spacial score (nSPS) is 10.5. The van der Waals surface area contributed by atoms with Crippen molar-refractivity contribution < 1.29 is 4.79 Å². The third-order valence-corrected chi connectivity index (χ3v) is 5.03. The van der Waals surface area contributed by atoms with E-state index in [4.69, 9.17) is 23.2 Å². The second kappa shape index (κ2) is 9.07. The summed E-state index contributed by atoms with van der Waals surface area (Å²) in [5.41, 5.74) is 3.46. The van der Waals surface area contributed by atoms with E-state index in [1.54, 1.807) is 19.3 Å². The van der Waals surface area contributed by atoms with Crippen LogP contribution in [0.3, 0.4) is 0 Å². The van der Waals surface area contributed by atoms with Crippen LogP contribution in [0.2, 0.25) is 10.0 Å². The Morgan fingerprint density at radius 2 is 1.93 bits per heavy atom. The highest BCUT2D eigenvalue weighted by Gasteiger charge is 2.19. The van der Waals surface area contributed by atoms with Crippen LogP contribution in [0.5, 0.6) is 0 Å². The molecule has 2 heterocycles. The minimum absolute atomic E-state index is 0.123. The molecule has 0 saturated heterocycles. The first-order chi connectivity index (χ1) is 13.9. The molecule has 0 amide bonds. The van der Waals surface area contributed by atoms with E-state index in [-0.39, 0.29) is 5.78 Å². The van der Waals surface area contributed by atoms with Crippen molar-refractivity contribution in [3.8, 4) is 0 Å². The summed E-state index contributed by atoms with van der Waals surface area (Å²) in [5.74, 6) is 0.224. The SMILES string of the molecule is C=NC.Cc1cnc(C(=O)c2cn(Cc3ccc(Cl)c(Cl)c3)c3ccccc23)[nH]1. The Morgan fingerprint density at radius 3 is 2.59 bits per heavy atom. The van der Waals surface area contributed by atoms with Gasteiger partial charge in [-0.25, -0.2) is 4.98 Å². The van der Waals surface area contributed by atoms with Crippen LogP contribution in [0.25, 0.3) is 10.9 Å². The average Bonchev–Trinajstić information content (AvgIpc) is 3.29. The number of aliphatic imine (C=N–C) groups is 1. The van der Waals surface area contributed by atoms with Crippen molar-refractivity contribution >= 4 is 46.6 Å². The van der Waals surface area contributed by atoms with E-state index in [1.807, 2.05) is 54.1 Å². The van der Waals surface area contributed by atoms with Gasteiger partial charge in [0.2, 0.25) is 5.78 Å². The van der Waals surface area contributed by atoms with Crippen molar-refractivity contribution in [3.63, 3.8) is 0 Å². The number of fused-ring (bicyclic) bond motifs is 1. The number of ketones is 1. The molecule has 0 spiro atoms. The number of carbonyl (C=O) groups excluding carboxylic acids is 1. The van der Waals surface area contributed by atoms with Gasteiger partial charge in [0, 0.05) is 42.6 Å². The second-order valence-electron chi connectivity index (χ2n) is 6.50. The van der Waals surface area contributed by atoms with Crippen molar-refractivity contribution in [1.29, 1.82) is 0 Å². The van der Waals surface area contributed by atoms with Crippen LogP contribution in [0, 0.1) is 6.92 Å². The Labute approximate surface area is 179 Å². The number of nitrogens with one attached hydrogen (secondary N) is 1. The quantitative estimate of drug-likeness (QED) is 0.342. The van der Waals surface area contributed by atoms with Gasteiger partial charge in [0.05, 0.1) is 15.6 Å². The van der Waals surface area contributed by atoms with Gasteiger partial charge in [0.1, 0.15) is 0 Å².